The van der Waals surface area contributed by atoms with Gasteiger partial charge in [-0.05, 0) is 0 Å². The van der Waals surface area contributed by atoms with Crippen LogP contribution in [0.4, 0.5) is 0 Å². The molecule has 0 aliphatic rings. The molecule has 0 N–H and O–H groups in total. The molecular weight excluding hydrogens is 104 g/mol. The van der Waals surface area contributed by atoms with E-state index in [0.29, 0.717) is 0 Å². The Morgan fingerprint density at radius 1 is 1.25 bits per heavy atom. The summed E-state index contributed by atoms with van der Waals surface area (Å²) in [4.78, 5) is 0. The fraction of sp³-hybridized carbons (Fsp3) is 0. The van der Waals surface area contributed by atoms with Crippen molar-refractivity contribution in [2.24, 2.45) is 0 Å². The summed E-state index contributed by atoms with van der Waals surface area (Å²) in [7, 11) is 0. The molecule has 0 aromatic heterocycles. The molecule has 0 aliphatic heterocycles. The molecule has 0 aromatic carbocycles. The maximum absolute atomic E-state index is 7.88. The first-order valence-electron chi connectivity index (χ1n) is 0.333. The van der Waals surface area contributed by atoms with Crippen molar-refractivity contribution in [2.75, 3.05) is 0 Å². The van der Waals surface area contributed by atoms with Gasteiger partial charge in [0.15, 0.2) is 0 Å². The van der Waals surface area contributed by atoms with Crippen molar-refractivity contribution in [3.05, 3.63) is 0 Å². The summed E-state index contributed by atoms with van der Waals surface area (Å²) in [5.74, 6) is 0. The van der Waals surface area contributed by atoms with E-state index >= 15 is 0 Å². The van der Waals surface area contributed by atoms with E-state index < -0.39 is 0 Å². The first kappa shape index (κ1) is 8.83. The van der Waals surface area contributed by atoms with E-state index in [9.17, 15) is 0 Å². The molecule has 4 heteroatoms. The third-order valence-corrected chi connectivity index (χ3v) is 0. The van der Waals surface area contributed by atoms with Gasteiger partial charge in [0.05, 0.1) is 0 Å². The smallest absolute Gasteiger partial charge is 0.734 e. The summed E-state index contributed by atoms with van der Waals surface area (Å²) in [5, 5.41) is 17.5. The van der Waals surface area contributed by atoms with Crippen LogP contribution in [-0.2, 0) is 22.1 Å². The van der Waals surface area contributed by atoms with Crippen LogP contribution in [0.1, 0.15) is 0 Å². The molecule has 0 aromatic rings. The first-order chi connectivity index (χ1) is 1.41. The largest absolute Gasteiger partial charge is 2.00 e. The monoisotopic (exact) mass is 104 g/mol. The standard InChI is InChI=1S/Fe.H2O3/c;1-3-2/h;1-2H/q+2;/p-2. The van der Waals surface area contributed by atoms with Gasteiger partial charge in [-0.15, -0.1) is 0 Å². The SMILES string of the molecule is [Fe+2].[O-]O[O-]. The van der Waals surface area contributed by atoms with E-state index in [1.807, 2.05) is 0 Å². The molecule has 0 radical (unpaired) electrons. The molecule has 0 amide bonds. The van der Waals surface area contributed by atoms with Crippen molar-refractivity contribution in [3.8, 4) is 0 Å². The quantitative estimate of drug-likeness (QED) is 0.195. The fourth-order valence-corrected chi connectivity index (χ4v) is 0. The van der Waals surface area contributed by atoms with Crippen LogP contribution in [-0.4, -0.2) is 0 Å². The Bertz CT molecular complexity index is 3.25. The molecule has 0 atom stereocenters. The molecular formula is FeO3. The fourth-order valence-electron chi connectivity index (χ4n) is 0. The molecule has 0 aliphatic carbocycles. The van der Waals surface area contributed by atoms with Gasteiger partial charge in [0.25, 0.3) is 0 Å². The van der Waals surface area contributed by atoms with Crippen LogP contribution in [0.25, 0.3) is 0 Å². The van der Waals surface area contributed by atoms with Crippen LogP contribution in [0.3, 0.4) is 0 Å². The maximum Gasteiger partial charge on any atom is 2.00 e. The summed E-state index contributed by atoms with van der Waals surface area (Å²) in [6, 6.07) is 0. The molecule has 0 saturated carbocycles. The van der Waals surface area contributed by atoms with Crippen molar-refractivity contribution in [1.29, 1.82) is 0 Å². The van der Waals surface area contributed by atoms with Crippen LogP contribution in [0, 0.1) is 0 Å². The predicted molar refractivity (Wildman–Crippen MR) is 1.08 cm³/mol. The Labute approximate surface area is 33.5 Å². The van der Waals surface area contributed by atoms with E-state index in [0.717, 1.165) is 0 Å². The topological polar surface area (TPSA) is 55.3 Å². The van der Waals surface area contributed by atoms with Gasteiger partial charge >= 0.3 is 17.1 Å². The molecule has 0 spiro atoms. The second kappa shape index (κ2) is 9.99. The maximum atomic E-state index is 7.88. The molecule has 0 saturated heterocycles. The molecule has 0 heterocycles. The third-order valence-electron chi connectivity index (χ3n) is 0. The average molecular weight is 104 g/mol. The van der Waals surface area contributed by atoms with Gasteiger partial charge < -0.3 is 15.6 Å². The van der Waals surface area contributed by atoms with E-state index in [1.165, 1.54) is 0 Å². The van der Waals surface area contributed by atoms with Crippen molar-refractivity contribution in [3.63, 3.8) is 0 Å². The molecule has 0 bridgehead atoms. The minimum Gasteiger partial charge on any atom is -0.734 e. The molecule has 26 valence electrons. The first-order valence-corrected chi connectivity index (χ1v) is 0.333. The molecule has 3 nitrogen and oxygen atoms in total. The van der Waals surface area contributed by atoms with E-state index in [2.05, 4.69) is 0 Å². The van der Waals surface area contributed by atoms with Crippen molar-refractivity contribution >= 4 is 0 Å². The van der Waals surface area contributed by atoms with Crippen LogP contribution < -0.4 is 10.5 Å². The van der Waals surface area contributed by atoms with Crippen molar-refractivity contribution in [1.82, 2.24) is 0 Å². The normalized spacial score (nSPS) is 4.50. The predicted octanol–water partition coefficient (Wildman–Crippen LogP) is -2.45. The Morgan fingerprint density at radius 3 is 1.25 bits per heavy atom. The molecule has 0 unspecified atom stereocenters. The summed E-state index contributed by atoms with van der Waals surface area (Å²) in [6.07, 6.45) is 0. The van der Waals surface area contributed by atoms with Gasteiger partial charge in [-0.3, -0.25) is 0 Å². The van der Waals surface area contributed by atoms with Crippen LogP contribution in [0.15, 0.2) is 0 Å². The van der Waals surface area contributed by atoms with Crippen LogP contribution >= 0.6 is 0 Å². The second-order valence-corrected chi connectivity index (χ2v) is 0.0680. The number of hydrogen-bond donors (Lipinski definition) is 0. The minimum atomic E-state index is 0. The molecule has 0 fully saturated rings. The Morgan fingerprint density at radius 2 is 1.25 bits per heavy atom. The third kappa shape index (κ3) is 29.4. The van der Waals surface area contributed by atoms with Crippen LogP contribution in [0.5, 0.6) is 0 Å². The summed E-state index contributed by atoms with van der Waals surface area (Å²) in [5.41, 5.74) is 0. The summed E-state index contributed by atoms with van der Waals surface area (Å²) in [6.45, 7) is 0. The van der Waals surface area contributed by atoms with E-state index in [1.54, 1.807) is 5.04 Å². The summed E-state index contributed by atoms with van der Waals surface area (Å²) >= 11 is 0. The van der Waals surface area contributed by atoms with Gasteiger partial charge in [0.2, 0.25) is 0 Å². The van der Waals surface area contributed by atoms with Gasteiger partial charge in [0, 0.05) is 0 Å². The van der Waals surface area contributed by atoms with Gasteiger partial charge in [0.1, 0.15) is 0 Å². The second-order valence-electron chi connectivity index (χ2n) is 0.0680. The number of rotatable bonds is 0. The molecule has 0 rings (SSSR count). The summed E-state index contributed by atoms with van der Waals surface area (Å²) < 4.78 is 0. The van der Waals surface area contributed by atoms with Crippen molar-refractivity contribution < 1.29 is 32.6 Å². The zero-order valence-corrected chi connectivity index (χ0v) is 2.68. The van der Waals surface area contributed by atoms with Crippen molar-refractivity contribution in [2.45, 2.75) is 0 Å². The van der Waals surface area contributed by atoms with Gasteiger partial charge in [-0.25, -0.2) is 0 Å². The van der Waals surface area contributed by atoms with E-state index in [4.69, 9.17) is 10.5 Å². The van der Waals surface area contributed by atoms with E-state index in [-0.39, 0.29) is 17.1 Å². The zero-order valence-electron chi connectivity index (χ0n) is 1.58. The Balaban J connectivity index is 0. The van der Waals surface area contributed by atoms with Gasteiger partial charge in [-0.2, -0.15) is 0 Å². The van der Waals surface area contributed by atoms with Crippen LogP contribution in [0.2, 0.25) is 0 Å². The zero-order chi connectivity index (χ0) is 2.71. The number of hydrogen-bond acceptors (Lipinski definition) is 3. The Hall–Kier alpha value is 0.399. The molecule has 4 heavy (non-hydrogen) atoms. The minimum absolute atomic E-state index is 0. The Kier molecular flexibility index (Phi) is 22.1. The average Bonchev–Trinajstić information content (AvgIpc) is 0.918. The van der Waals surface area contributed by atoms with Gasteiger partial charge in [-0.1, -0.05) is 0 Å².